The molecule has 0 aromatic heterocycles. The highest BCUT2D eigenvalue weighted by molar-refractivity contribution is 5.98. The molecule has 0 aliphatic carbocycles. The number of fused-ring (bicyclic) bond motifs is 1. The van der Waals surface area contributed by atoms with Crippen LogP contribution in [0.15, 0.2) is 47.6 Å². The molecule has 2 aliphatic heterocycles. The van der Waals surface area contributed by atoms with Gasteiger partial charge in [0.15, 0.2) is 6.61 Å². The number of urea groups is 1. The minimum Gasteiger partial charge on any atom is -0.466 e. The lowest BCUT2D eigenvalue weighted by molar-refractivity contribution is -0.124. The maximum Gasteiger partial charge on any atom is 0.322 e. The molecule has 0 bridgehead atoms. The van der Waals surface area contributed by atoms with Gasteiger partial charge in [-0.2, -0.15) is 0 Å². The van der Waals surface area contributed by atoms with Crippen LogP contribution in [0.4, 0.5) is 10.5 Å². The largest absolute Gasteiger partial charge is 0.466 e. The van der Waals surface area contributed by atoms with Crippen molar-refractivity contribution in [2.24, 2.45) is 5.10 Å². The Labute approximate surface area is 169 Å². The average Bonchev–Trinajstić information content (AvgIpc) is 2.74. The van der Waals surface area contributed by atoms with Crippen LogP contribution in [-0.2, 0) is 22.5 Å². The van der Waals surface area contributed by atoms with Crippen LogP contribution in [0.1, 0.15) is 42.0 Å². The number of carbonyl (C=O) groups excluding carboxylic acids is 2. The van der Waals surface area contributed by atoms with Crippen LogP contribution < -0.4 is 10.7 Å². The number of anilines is 1. The normalized spacial score (nSPS) is 15.9. The van der Waals surface area contributed by atoms with Crippen molar-refractivity contribution in [3.05, 3.63) is 64.7 Å². The van der Waals surface area contributed by atoms with E-state index in [2.05, 4.69) is 47.9 Å². The molecular weight excluding hydrogens is 368 g/mol. The van der Waals surface area contributed by atoms with Crippen LogP contribution >= 0.6 is 0 Å². The molecule has 0 radical (unpaired) electrons. The predicted molar refractivity (Wildman–Crippen MR) is 111 cm³/mol. The first kappa shape index (κ1) is 19.0. The smallest absolute Gasteiger partial charge is 0.322 e. The number of nitrogens with one attached hydrogen (secondary N) is 2. The average molecular weight is 392 g/mol. The van der Waals surface area contributed by atoms with E-state index in [0.717, 1.165) is 12.0 Å². The van der Waals surface area contributed by atoms with E-state index in [1.54, 1.807) is 24.3 Å². The van der Waals surface area contributed by atoms with Gasteiger partial charge in [0.25, 0.3) is 5.91 Å². The minimum absolute atomic E-state index is 0.0492. The maximum atomic E-state index is 12.7. The fourth-order valence-electron chi connectivity index (χ4n) is 3.46. The molecule has 2 aromatic carbocycles. The van der Waals surface area contributed by atoms with Gasteiger partial charge in [-0.1, -0.05) is 32.0 Å². The molecule has 2 aromatic rings. The highest BCUT2D eigenvalue weighted by atomic mass is 16.5. The summed E-state index contributed by atoms with van der Waals surface area (Å²) in [5, 5.41) is 6.83. The zero-order valence-electron chi connectivity index (χ0n) is 16.6. The molecule has 29 heavy (non-hydrogen) atoms. The number of nitrogens with zero attached hydrogens (tertiary/aromatic N) is 2. The summed E-state index contributed by atoms with van der Waals surface area (Å²) in [7, 11) is 0. The van der Waals surface area contributed by atoms with Crippen LogP contribution in [-0.4, -0.2) is 35.9 Å². The van der Waals surface area contributed by atoms with Gasteiger partial charge in [0, 0.05) is 24.3 Å². The first-order valence-corrected chi connectivity index (χ1v) is 9.77. The zero-order valence-corrected chi connectivity index (χ0v) is 16.6. The van der Waals surface area contributed by atoms with Crippen LogP contribution in [0, 0.1) is 0 Å². The maximum absolute atomic E-state index is 12.7. The molecule has 3 amide bonds. The molecule has 0 atom stereocenters. The van der Waals surface area contributed by atoms with E-state index in [-0.39, 0.29) is 18.5 Å². The summed E-state index contributed by atoms with van der Waals surface area (Å²) in [4.78, 5) is 25.6. The van der Waals surface area contributed by atoms with Gasteiger partial charge in [0.1, 0.15) is 0 Å². The van der Waals surface area contributed by atoms with E-state index in [1.165, 1.54) is 16.7 Å². The molecule has 0 unspecified atom stereocenters. The SMILES string of the molecule is CC(C)c1ccc2c(c1)CCN(C(=O)Nc1ccc(C3=NNC(=O)CO3)cc1)C2. The molecule has 150 valence electrons. The second-order valence-electron chi connectivity index (χ2n) is 7.60. The van der Waals surface area contributed by atoms with E-state index in [9.17, 15) is 9.59 Å². The molecule has 2 N–H and O–H groups in total. The summed E-state index contributed by atoms with van der Waals surface area (Å²) < 4.78 is 5.29. The molecule has 4 rings (SSSR count). The van der Waals surface area contributed by atoms with Gasteiger partial charge in [0.05, 0.1) is 0 Å². The molecule has 0 spiro atoms. The number of rotatable bonds is 3. The Bertz CT molecular complexity index is 967. The third-order valence-corrected chi connectivity index (χ3v) is 5.20. The van der Waals surface area contributed by atoms with Gasteiger partial charge >= 0.3 is 6.03 Å². The predicted octanol–water partition coefficient (Wildman–Crippen LogP) is 3.21. The third kappa shape index (κ3) is 4.23. The van der Waals surface area contributed by atoms with Gasteiger partial charge in [-0.25, -0.2) is 10.2 Å². The lowest BCUT2D eigenvalue weighted by Crippen LogP contribution is -2.38. The molecular formula is C22H24N4O3. The van der Waals surface area contributed by atoms with E-state index < -0.39 is 0 Å². The summed E-state index contributed by atoms with van der Waals surface area (Å²) in [6.07, 6.45) is 0.866. The monoisotopic (exact) mass is 392 g/mol. The van der Waals surface area contributed by atoms with Crippen LogP contribution in [0.25, 0.3) is 0 Å². The van der Waals surface area contributed by atoms with Crippen LogP contribution in [0.2, 0.25) is 0 Å². The van der Waals surface area contributed by atoms with Crippen molar-refractivity contribution in [1.29, 1.82) is 0 Å². The fraction of sp³-hybridized carbons (Fsp3) is 0.318. The van der Waals surface area contributed by atoms with Crippen LogP contribution in [0.5, 0.6) is 0 Å². The van der Waals surface area contributed by atoms with E-state index in [4.69, 9.17) is 4.74 Å². The van der Waals surface area contributed by atoms with Gasteiger partial charge in [-0.3, -0.25) is 4.79 Å². The minimum atomic E-state index is -0.277. The molecule has 2 heterocycles. The highest BCUT2D eigenvalue weighted by Crippen LogP contribution is 2.24. The standard InChI is InChI=1S/C22H24N4O3/c1-14(2)16-3-4-18-12-26(10-9-17(18)11-16)22(28)23-19-7-5-15(6-8-19)21-25-24-20(27)13-29-21/h3-8,11,14H,9-10,12-13H2,1-2H3,(H,23,28)(H,24,27). The van der Waals surface area contributed by atoms with E-state index in [0.29, 0.717) is 30.6 Å². The Morgan fingerprint density at radius 1 is 1.17 bits per heavy atom. The Hall–Kier alpha value is -3.35. The summed E-state index contributed by atoms with van der Waals surface area (Å²) in [5.74, 6) is 0.586. The number of benzene rings is 2. The highest BCUT2D eigenvalue weighted by Gasteiger charge is 2.21. The zero-order chi connectivity index (χ0) is 20.4. The quantitative estimate of drug-likeness (QED) is 0.841. The number of carbonyl (C=O) groups is 2. The second kappa shape index (κ2) is 7.95. The molecule has 2 aliphatic rings. The Kier molecular flexibility index (Phi) is 5.20. The third-order valence-electron chi connectivity index (χ3n) is 5.20. The van der Waals surface area contributed by atoms with Crippen molar-refractivity contribution in [3.63, 3.8) is 0 Å². The van der Waals surface area contributed by atoms with E-state index in [1.807, 2.05) is 4.90 Å². The fourth-order valence-corrected chi connectivity index (χ4v) is 3.46. The summed E-state index contributed by atoms with van der Waals surface area (Å²) in [6, 6.07) is 13.6. The van der Waals surface area contributed by atoms with Crippen LogP contribution in [0.3, 0.4) is 0 Å². The number of hydrogen-bond donors (Lipinski definition) is 2. The Morgan fingerprint density at radius 3 is 2.66 bits per heavy atom. The Balaban J connectivity index is 1.39. The van der Waals surface area contributed by atoms with Crippen molar-refractivity contribution in [3.8, 4) is 0 Å². The topological polar surface area (TPSA) is 83.0 Å². The van der Waals surface area contributed by atoms with Gasteiger partial charge in [-0.05, 0) is 53.3 Å². The number of amides is 3. The van der Waals surface area contributed by atoms with Gasteiger partial charge in [-0.15, -0.1) is 5.10 Å². The van der Waals surface area contributed by atoms with Crippen molar-refractivity contribution in [2.45, 2.75) is 32.7 Å². The van der Waals surface area contributed by atoms with Gasteiger partial charge in [0.2, 0.25) is 5.90 Å². The molecule has 0 saturated carbocycles. The number of hydrogen-bond acceptors (Lipinski definition) is 4. The summed E-state index contributed by atoms with van der Waals surface area (Å²) in [6.45, 7) is 5.65. The van der Waals surface area contributed by atoms with Crippen molar-refractivity contribution >= 4 is 23.5 Å². The molecule has 0 saturated heterocycles. The van der Waals surface area contributed by atoms with Crippen molar-refractivity contribution < 1.29 is 14.3 Å². The first-order chi connectivity index (χ1) is 14.0. The number of ether oxygens (including phenoxy) is 1. The molecule has 7 heteroatoms. The lowest BCUT2D eigenvalue weighted by Gasteiger charge is -2.29. The first-order valence-electron chi connectivity index (χ1n) is 9.77. The van der Waals surface area contributed by atoms with Gasteiger partial charge < -0.3 is 15.0 Å². The molecule has 7 nitrogen and oxygen atoms in total. The van der Waals surface area contributed by atoms with Crippen molar-refractivity contribution in [1.82, 2.24) is 10.3 Å². The lowest BCUT2D eigenvalue weighted by atomic mass is 9.93. The van der Waals surface area contributed by atoms with E-state index >= 15 is 0 Å². The summed E-state index contributed by atoms with van der Waals surface area (Å²) in [5.41, 5.74) is 7.70. The second-order valence-corrected chi connectivity index (χ2v) is 7.60. The number of hydrazone groups is 1. The molecule has 0 fully saturated rings. The Morgan fingerprint density at radius 2 is 1.97 bits per heavy atom. The summed E-state index contributed by atoms with van der Waals surface area (Å²) >= 11 is 0. The van der Waals surface area contributed by atoms with Crippen molar-refractivity contribution in [2.75, 3.05) is 18.5 Å².